The van der Waals surface area contributed by atoms with E-state index in [2.05, 4.69) is 10.0 Å². The molecule has 3 aromatic rings. The number of rotatable bonds is 4. The fourth-order valence-electron chi connectivity index (χ4n) is 2.13. The van der Waals surface area contributed by atoms with Gasteiger partial charge in [-0.3, -0.25) is 14.8 Å². The standard InChI is InChI=1S/C17H11F3N2O3S2/c18-17(19,20)26-13-7-3-4-8-14(13)27-22-16(24)21-15(23)12-9-10-5-1-2-6-11(10)25-12/h1-9H,(H2,21,22,23,24). The van der Waals surface area contributed by atoms with Gasteiger partial charge in [0.05, 0.1) is 0 Å². The molecule has 3 amide bonds. The first-order chi connectivity index (χ1) is 12.8. The van der Waals surface area contributed by atoms with Gasteiger partial charge in [0.2, 0.25) is 0 Å². The number of halogens is 3. The fraction of sp³-hybridized carbons (Fsp3) is 0.0588. The van der Waals surface area contributed by atoms with Gasteiger partial charge < -0.3 is 4.42 Å². The number of alkyl halides is 3. The van der Waals surface area contributed by atoms with Crippen LogP contribution < -0.4 is 10.0 Å². The van der Waals surface area contributed by atoms with E-state index in [4.69, 9.17) is 4.42 Å². The molecular weight excluding hydrogens is 401 g/mol. The van der Waals surface area contributed by atoms with Crippen LogP contribution in [0, 0.1) is 0 Å². The van der Waals surface area contributed by atoms with Crippen LogP contribution in [0.15, 0.2) is 68.8 Å². The molecule has 0 atom stereocenters. The van der Waals surface area contributed by atoms with Crippen molar-refractivity contribution in [3.8, 4) is 0 Å². The Hall–Kier alpha value is -2.59. The summed E-state index contributed by atoms with van der Waals surface area (Å²) in [6, 6.07) is 13.3. The van der Waals surface area contributed by atoms with Crippen LogP contribution in [0.2, 0.25) is 0 Å². The molecular formula is C17H11F3N2O3S2. The Kier molecular flexibility index (Phi) is 5.66. The zero-order valence-corrected chi connectivity index (χ0v) is 15.0. The van der Waals surface area contributed by atoms with Crippen molar-refractivity contribution < 1.29 is 27.2 Å². The van der Waals surface area contributed by atoms with E-state index in [1.807, 2.05) is 0 Å². The minimum Gasteiger partial charge on any atom is -0.451 e. The Bertz CT molecular complexity index is 956. The van der Waals surface area contributed by atoms with Crippen LogP contribution >= 0.6 is 23.7 Å². The largest absolute Gasteiger partial charge is 0.451 e. The summed E-state index contributed by atoms with van der Waals surface area (Å²) in [6.45, 7) is 0. The molecule has 0 aliphatic heterocycles. The number of carbonyl (C=O) groups is 2. The molecule has 10 heteroatoms. The Balaban J connectivity index is 1.61. The molecule has 1 heterocycles. The highest BCUT2D eigenvalue weighted by Gasteiger charge is 2.30. The van der Waals surface area contributed by atoms with Crippen LogP contribution in [0.5, 0.6) is 0 Å². The Morgan fingerprint density at radius 1 is 0.963 bits per heavy atom. The monoisotopic (exact) mass is 412 g/mol. The fourth-order valence-corrected chi connectivity index (χ4v) is 3.51. The molecule has 0 aliphatic carbocycles. The second-order valence-electron chi connectivity index (χ2n) is 5.13. The summed E-state index contributed by atoms with van der Waals surface area (Å²) in [6.07, 6.45) is 0. The zero-order chi connectivity index (χ0) is 19.4. The number of carbonyl (C=O) groups excluding carboxylic acids is 2. The van der Waals surface area contributed by atoms with Crippen LogP contribution in [-0.2, 0) is 0 Å². The SMILES string of the molecule is O=C(NSc1ccccc1SC(F)(F)F)NC(=O)c1cc2ccccc2o1. The number of nitrogens with one attached hydrogen (secondary N) is 2. The highest BCUT2D eigenvalue weighted by atomic mass is 32.2. The number of amides is 3. The van der Waals surface area contributed by atoms with E-state index in [1.54, 1.807) is 30.3 Å². The molecule has 2 aromatic carbocycles. The number of benzene rings is 2. The highest BCUT2D eigenvalue weighted by molar-refractivity contribution is 8.02. The van der Waals surface area contributed by atoms with E-state index < -0.39 is 17.4 Å². The summed E-state index contributed by atoms with van der Waals surface area (Å²) in [7, 11) is 0. The summed E-state index contributed by atoms with van der Waals surface area (Å²) in [5.41, 5.74) is -3.95. The van der Waals surface area contributed by atoms with Crippen molar-refractivity contribution in [3.63, 3.8) is 0 Å². The normalized spacial score (nSPS) is 11.4. The predicted molar refractivity (Wildman–Crippen MR) is 96.4 cm³/mol. The van der Waals surface area contributed by atoms with Gasteiger partial charge in [-0.1, -0.05) is 30.3 Å². The van der Waals surface area contributed by atoms with E-state index >= 15 is 0 Å². The molecule has 1 aromatic heterocycles. The molecule has 0 saturated carbocycles. The van der Waals surface area contributed by atoms with Crippen molar-refractivity contribution in [1.82, 2.24) is 10.0 Å². The second kappa shape index (κ2) is 7.97. The molecule has 2 N–H and O–H groups in total. The minimum absolute atomic E-state index is 0.0515. The number of hydrogen-bond acceptors (Lipinski definition) is 5. The van der Waals surface area contributed by atoms with Crippen LogP contribution in [0.1, 0.15) is 10.6 Å². The molecule has 27 heavy (non-hydrogen) atoms. The van der Waals surface area contributed by atoms with Gasteiger partial charge in [-0.25, -0.2) is 4.79 Å². The summed E-state index contributed by atoms with van der Waals surface area (Å²) >= 11 is 0.390. The number of hydrogen-bond donors (Lipinski definition) is 2. The van der Waals surface area contributed by atoms with Gasteiger partial charge in [0.25, 0.3) is 5.91 Å². The number of furan rings is 1. The number of imide groups is 1. The third-order valence-corrected chi connectivity index (χ3v) is 5.00. The van der Waals surface area contributed by atoms with E-state index in [1.165, 1.54) is 24.3 Å². The molecule has 140 valence electrons. The van der Waals surface area contributed by atoms with Crippen LogP contribution in [0.25, 0.3) is 11.0 Å². The summed E-state index contributed by atoms with van der Waals surface area (Å²) in [5, 5.41) is 2.77. The topological polar surface area (TPSA) is 71.3 Å². The summed E-state index contributed by atoms with van der Waals surface area (Å²) in [4.78, 5) is 24.1. The van der Waals surface area contributed by atoms with Gasteiger partial charge in [-0.2, -0.15) is 13.2 Å². The van der Waals surface area contributed by atoms with Gasteiger partial charge >= 0.3 is 11.5 Å². The summed E-state index contributed by atoms with van der Waals surface area (Å²) in [5.74, 6) is -0.813. The molecule has 0 saturated heterocycles. The van der Waals surface area contributed by atoms with Crippen LogP contribution in [0.4, 0.5) is 18.0 Å². The lowest BCUT2D eigenvalue weighted by atomic mass is 10.2. The lowest BCUT2D eigenvalue weighted by Crippen LogP contribution is -2.36. The van der Waals surface area contributed by atoms with Crippen LogP contribution in [0.3, 0.4) is 0 Å². The third-order valence-electron chi connectivity index (χ3n) is 3.20. The molecule has 0 radical (unpaired) electrons. The molecule has 3 rings (SSSR count). The molecule has 0 fully saturated rings. The van der Waals surface area contributed by atoms with Crippen molar-refractivity contribution in [2.24, 2.45) is 0 Å². The number of fused-ring (bicyclic) bond motifs is 1. The lowest BCUT2D eigenvalue weighted by Gasteiger charge is -2.11. The van der Waals surface area contributed by atoms with Gasteiger partial charge in [0, 0.05) is 15.2 Å². The van der Waals surface area contributed by atoms with E-state index in [0.717, 1.165) is 0 Å². The van der Waals surface area contributed by atoms with Gasteiger partial charge in [-0.15, -0.1) is 0 Å². The zero-order valence-electron chi connectivity index (χ0n) is 13.4. The Morgan fingerprint density at radius 2 is 1.63 bits per heavy atom. The van der Waals surface area contributed by atoms with E-state index in [-0.39, 0.29) is 27.3 Å². The smallest absolute Gasteiger partial charge is 0.446 e. The Morgan fingerprint density at radius 3 is 2.33 bits per heavy atom. The summed E-state index contributed by atoms with van der Waals surface area (Å²) < 4.78 is 45.3. The highest BCUT2D eigenvalue weighted by Crippen LogP contribution is 2.40. The third kappa shape index (κ3) is 5.20. The average Bonchev–Trinajstić information content (AvgIpc) is 3.04. The predicted octanol–water partition coefficient (Wildman–Crippen LogP) is 5.19. The number of urea groups is 1. The van der Waals surface area contributed by atoms with Crippen molar-refractivity contribution in [3.05, 3.63) is 60.4 Å². The minimum atomic E-state index is -4.45. The van der Waals surface area contributed by atoms with Gasteiger partial charge in [0.1, 0.15) is 5.58 Å². The van der Waals surface area contributed by atoms with Crippen LogP contribution in [-0.4, -0.2) is 17.4 Å². The van der Waals surface area contributed by atoms with Crippen molar-refractivity contribution >= 4 is 46.6 Å². The maximum Gasteiger partial charge on any atom is 0.446 e. The van der Waals surface area contributed by atoms with Crippen molar-refractivity contribution in [2.45, 2.75) is 15.3 Å². The average molecular weight is 412 g/mol. The van der Waals surface area contributed by atoms with E-state index in [9.17, 15) is 22.8 Å². The first-order valence-corrected chi connectivity index (χ1v) is 9.06. The van der Waals surface area contributed by atoms with Crippen molar-refractivity contribution in [2.75, 3.05) is 0 Å². The lowest BCUT2D eigenvalue weighted by molar-refractivity contribution is -0.0329. The quantitative estimate of drug-likeness (QED) is 0.456. The van der Waals surface area contributed by atoms with E-state index in [0.29, 0.717) is 22.9 Å². The van der Waals surface area contributed by atoms with Gasteiger partial charge in [0.15, 0.2) is 5.76 Å². The number of thioether (sulfide) groups is 1. The molecule has 0 unspecified atom stereocenters. The molecule has 0 bridgehead atoms. The number of para-hydroxylation sites is 1. The molecule has 5 nitrogen and oxygen atoms in total. The molecule has 0 aliphatic rings. The first kappa shape index (κ1) is 19.2. The maximum atomic E-state index is 12.6. The Labute approximate surface area is 159 Å². The van der Waals surface area contributed by atoms with Crippen molar-refractivity contribution in [1.29, 1.82) is 0 Å². The molecule has 0 spiro atoms. The maximum absolute atomic E-state index is 12.6. The van der Waals surface area contributed by atoms with Gasteiger partial charge in [-0.05, 0) is 48.0 Å². The first-order valence-electron chi connectivity index (χ1n) is 7.43. The second-order valence-corrected chi connectivity index (χ2v) is 7.09.